The highest BCUT2D eigenvalue weighted by Gasteiger charge is 2.37. The second-order valence-corrected chi connectivity index (χ2v) is 5.67. The van der Waals surface area contributed by atoms with E-state index in [0.717, 1.165) is 19.3 Å². The van der Waals surface area contributed by atoms with Crippen LogP contribution in [0.5, 0.6) is 0 Å². The van der Waals surface area contributed by atoms with Crippen molar-refractivity contribution in [1.82, 2.24) is 4.90 Å². The van der Waals surface area contributed by atoms with Gasteiger partial charge in [-0.05, 0) is 24.8 Å². The first-order valence-corrected chi connectivity index (χ1v) is 7.32. The molecule has 0 radical (unpaired) electrons. The van der Waals surface area contributed by atoms with Crippen molar-refractivity contribution in [3.63, 3.8) is 0 Å². The molecule has 0 unspecified atom stereocenters. The van der Waals surface area contributed by atoms with Gasteiger partial charge < -0.3 is 14.7 Å². The van der Waals surface area contributed by atoms with Crippen LogP contribution in [0.1, 0.15) is 32.1 Å². The summed E-state index contributed by atoms with van der Waals surface area (Å²) in [5.74, 6) is -1.64. The van der Waals surface area contributed by atoms with Crippen LogP contribution in [0, 0.1) is 11.8 Å². The monoisotopic (exact) mass is 281 g/mol. The first kappa shape index (κ1) is 15.0. The smallest absolute Gasteiger partial charge is 0.307 e. The Morgan fingerprint density at radius 1 is 1.35 bits per heavy atom. The first-order valence-electron chi connectivity index (χ1n) is 7.32. The molecule has 112 valence electrons. The zero-order chi connectivity index (χ0) is 14.5. The lowest BCUT2D eigenvalue weighted by Gasteiger charge is -2.34. The average molecular weight is 281 g/mol. The number of carbonyl (C=O) groups excluding carboxylic acids is 1. The van der Waals surface area contributed by atoms with Crippen molar-refractivity contribution in [2.75, 3.05) is 26.8 Å². The van der Waals surface area contributed by atoms with Gasteiger partial charge in [0.15, 0.2) is 0 Å². The number of nitrogens with zero attached hydrogens (tertiary/aromatic N) is 1. The van der Waals surface area contributed by atoms with Crippen LogP contribution in [0.15, 0.2) is 11.6 Å². The normalized spacial score (nSPS) is 27.1. The van der Waals surface area contributed by atoms with Gasteiger partial charge in [0.05, 0.1) is 18.4 Å². The molecule has 2 rings (SSSR count). The van der Waals surface area contributed by atoms with Crippen molar-refractivity contribution in [2.24, 2.45) is 11.8 Å². The standard InChI is InChI=1S/C15H23NO4/c1-20-10-11-6-8-16(9-7-11)14(17)12-4-2-3-5-13(12)15(18)19/h6,12-13H,2-5,7-10H2,1H3,(H,18,19)/t12-,13+/m1/s1. The molecule has 0 aromatic carbocycles. The molecule has 0 bridgehead atoms. The predicted octanol–water partition coefficient (Wildman–Crippen LogP) is 1.68. The third-order valence-corrected chi connectivity index (χ3v) is 4.34. The zero-order valence-electron chi connectivity index (χ0n) is 12.0. The third-order valence-electron chi connectivity index (χ3n) is 4.34. The number of amides is 1. The quantitative estimate of drug-likeness (QED) is 0.796. The van der Waals surface area contributed by atoms with Crippen molar-refractivity contribution in [3.8, 4) is 0 Å². The Hall–Kier alpha value is -1.36. The highest BCUT2D eigenvalue weighted by Crippen LogP contribution is 2.32. The summed E-state index contributed by atoms with van der Waals surface area (Å²) in [5.41, 5.74) is 1.22. The van der Waals surface area contributed by atoms with E-state index in [4.69, 9.17) is 4.74 Å². The maximum atomic E-state index is 12.5. The van der Waals surface area contributed by atoms with Gasteiger partial charge in [-0.2, -0.15) is 0 Å². The number of carboxylic acids is 1. The fourth-order valence-electron chi connectivity index (χ4n) is 3.18. The maximum Gasteiger partial charge on any atom is 0.307 e. The van der Waals surface area contributed by atoms with E-state index in [0.29, 0.717) is 32.5 Å². The molecular formula is C15H23NO4. The van der Waals surface area contributed by atoms with Gasteiger partial charge in [-0.1, -0.05) is 18.9 Å². The van der Waals surface area contributed by atoms with E-state index in [9.17, 15) is 14.7 Å². The van der Waals surface area contributed by atoms with Crippen LogP contribution in [0.2, 0.25) is 0 Å². The van der Waals surface area contributed by atoms with Gasteiger partial charge in [-0.3, -0.25) is 9.59 Å². The molecule has 2 atom stereocenters. The minimum absolute atomic E-state index is 0.0183. The molecule has 1 fully saturated rings. The number of carbonyl (C=O) groups is 2. The molecule has 0 aromatic rings. The van der Waals surface area contributed by atoms with Crippen LogP contribution in [0.4, 0.5) is 0 Å². The van der Waals surface area contributed by atoms with Crippen LogP contribution >= 0.6 is 0 Å². The molecule has 1 saturated carbocycles. The minimum Gasteiger partial charge on any atom is -0.481 e. The van der Waals surface area contributed by atoms with E-state index in [2.05, 4.69) is 0 Å². The molecule has 0 aromatic heterocycles. The van der Waals surface area contributed by atoms with E-state index >= 15 is 0 Å². The van der Waals surface area contributed by atoms with Gasteiger partial charge in [-0.25, -0.2) is 0 Å². The Bertz CT molecular complexity index is 405. The van der Waals surface area contributed by atoms with Crippen LogP contribution < -0.4 is 0 Å². The Morgan fingerprint density at radius 2 is 2.05 bits per heavy atom. The highest BCUT2D eigenvalue weighted by atomic mass is 16.5. The minimum atomic E-state index is -0.823. The number of aliphatic carboxylic acids is 1. The summed E-state index contributed by atoms with van der Waals surface area (Å²) >= 11 is 0. The summed E-state index contributed by atoms with van der Waals surface area (Å²) in [4.78, 5) is 25.6. The van der Waals surface area contributed by atoms with Crippen LogP contribution in [0.3, 0.4) is 0 Å². The van der Waals surface area contributed by atoms with Gasteiger partial charge in [0.25, 0.3) is 0 Å². The average Bonchev–Trinajstić information content (AvgIpc) is 2.47. The molecule has 1 aliphatic carbocycles. The fourth-order valence-corrected chi connectivity index (χ4v) is 3.18. The topological polar surface area (TPSA) is 66.8 Å². The van der Waals surface area contributed by atoms with Gasteiger partial charge in [-0.15, -0.1) is 0 Å². The third kappa shape index (κ3) is 3.39. The molecule has 1 amide bonds. The van der Waals surface area contributed by atoms with E-state index in [1.165, 1.54) is 5.57 Å². The van der Waals surface area contributed by atoms with Gasteiger partial charge in [0.2, 0.25) is 5.91 Å². The van der Waals surface area contributed by atoms with E-state index in [1.54, 1.807) is 12.0 Å². The number of carboxylic acid groups (broad SMARTS) is 1. The number of methoxy groups -OCH3 is 1. The van der Waals surface area contributed by atoms with E-state index in [-0.39, 0.29) is 11.8 Å². The number of hydrogen-bond donors (Lipinski definition) is 1. The summed E-state index contributed by atoms with van der Waals surface area (Å²) < 4.78 is 5.09. The maximum absolute atomic E-state index is 12.5. The fraction of sp³-hybridized carbons (Fsp3) is 0.733. The Morgan fingerprint density at radius 3 is 2.60 bits per heavy atom. The van der Waals surface area contributed by atoms with Crippen LogP contribution in [-0.4, -0.2) is 48.7 Å². The molecule has 1 aliphatic heterocycles. The SMILES string of the molecule is COCC1=CCN(C(=O)[C@@H]2CCCC[C@@H]2C(=O)O)CC1. The Kier molecular flexibility index (Phi) is 5.17. The van der Waals surface area contributed by atoms with Crippen LogP contribution in [0.25, 0.3) is 0 Å². The molecule has 5 heteroatoms. The lowest BCUT2D eigenvalue weighted by atomic mass is 9.78. The van der Waals surface area contributed by atoms with Crippen molar-refractivity contribution < 1.29 is 19.4 Å². The van der Waals surface area contributed by atoms with Crippen molar-refractivity contribution in [3.05, 3.63) is 11.6 Å². The molecule has 1 N–H and O–H groups in total. The molecule has 1 heterocycles. The first-order chi connectivity index (χ1) is 9.63. The van der Waals surface area contributed by atoms with Crippen molar-refractivity contribution in [1.29, 1.82) is 0 Å². The van der Waals surface area contributed by atoms with Crippen molar-refractivity contribution >= 4 is 11.9 Å². The van der Waals surface area contributed by atoms with Gasteiger partial charge in [0, 0.05) is 20.2 Å². The zero-order valence-corrected chi connectivity index (χ0v) is 12.0. The number of hydrogen-bond acceptors (Lipinski definition) is 3. The van der Waals surface area contributed by atoms with E-state index in [1.807, 2.05) is 6.08 Å². The summed E-state index contributed by atoms with van der Waals surface area (Å²) in [6.45, 7) is 1.88. The second-order valence-electron chi connectivity index (χ2n) is 5.67. The van der Waals surface area contributed by atoms with Gasteiger partial charge in [0.1, 0.15) is 0 Å². The van der Waals surface area contributed by atoms with Gasteiger partial charge >= 0.3 is 5.97 Å². The van der Waals surface area contributed by atoms with Crippen LogP contribution in [-0.2, 0) is 14.3 Å². The van der Waals surface area contributed by atoms with E-state index < -0.39 is 11.9 Å². The largest absolute Gasteiger partial charge is 0.481 e. The number of rotatable bonds is 4. The lowest BCUT2D eigenvalue weighted by Crippen LogP contribution is -2.44. The summed E-state index contributed by atoms with van der Waals surface area (Å²) in [6.07, 6.45) is 6.07. The molecule has 5 nitrogen and oxygen atoms in total. The summed E-state index contributed by atoms with van der Waals surface area (Å²) in [7, 11) is 1.66. The predicted molar refractivity (Wildman–Crippen MR) is 74.2 cm³/mol. The Balaban J connectivity index is 1.98. The molecule has 20 heavy (non-hydrogen) atoms. The number of ether oxygens (including phenoxy) is 1. The molecule has 0 spiro atoms. The highest BCUT2D eigenvalue weighted by molar-refractivity contribution is 5.85. The molecular weight excluding hydrogens is 258 g/mol. The second kappa shape index (κ2) is 6.88. The molecule has 2 aliphatic rings. The van der Waals surface area contributed by atoms with Crippen molar-refractivity contribution in [2.45, 2.75) is 32.1 Å². The summed E-state index contributed by atoms with van der Waals surface area (Å²) in [6, 6.07) is 0. The lowest BCUT2D eigenvalue weighted by molar-refractivity contribution is -0.152. The summed E-state index contributed by atoms with van der Waals surface area (Å²) in [5, 5.41) is 9.27. The Labute approximate surface area is 119 Å². The molecule has 0 saturated heterocycles.